The Morgan fingerprint density at radius 2 is 0.770 bits per heavy atom. The number of allylic oxidation sites excluding steroid dienone is 4. The van der Waals surface area contributed by atoms with Gasteiger partial charge in [0.15, 0.2) is 6.29 Å². The predicted molar refractivity (Wildman–Crippen MR) is 365 cm³/mol. The summed E-state index contributed by atoms with van der Waals surface area (Å²) in [6.07, 6.45) is 73.7. The van der Waals surface area contributed by atoms with Crippen LogP contribution < -0.4 is 5.32 Å². The fourth-order valence-corrected chi connectivity index (χ4v) is 13.0. The van der Waals surface area contributed by atoms with Crippen molar-refractivity contribution in [2.24, 2.45) is 0 Å². The lowest BCUT2D eigenvalue weighted by Gasteiger charge is -2.41. The standard InChI is InChI=1S/C74H143NO11S/c1-3-5-7-9-11-13-15-17-19-21-23-25-27-28-29-30-31-32-33-34-35-36-37-38-39-40-42-44-46-48-50-52-54-56-58-60-62-64-70(78)75-67(66-84-74-72(80)73(86-87(81,82)83)71(79)69(65-76)85-74)68(77)63-61-59-57-55-53-51-49-47-45-43-41-26-24-22-20-18-16-14-12-10-8-6-4-2/h29-30,32-33,67-69,71-74,76-77,79-80H,3-28,31,34-66H2,1-2H3,(H,75,78)(H,81,82,83)/b30-29-,33-32-. The summed E-state index contributed by atoms with van der Waals surface area (Å²) in [5.74, 6) is -0.222. The van der Waals surface area contributed by atoms with Crippen molar-refractivity contribution in [2.45, 2.75) is 429 Å². The van der Waals surface area contributed by atoms with Gasteiger partial charge in [-0.05, 0) is 44.9 Å². The third-order valence-corrected chi connectivity index (χ3v) is 18.7. The number of hydrogen-bond donors (Lipinski definition) is 6. The van der Waals surface area contributed by atoms with E-state index in [0.29, 0.717) is 12.8 Å². The summed E-state index contributed by atoms with van der Waals surface area (Å²) >= 11 is 0. The van der Waals surface area contributed by atoms with Crippen LogP contribution in [0.5, 0.6) is 0 Å². The van der Waals surface area contributed by atoms with Crippen molar-refractivity contribution in [3.63, 3.8) is 0 Å². The van der Waals surface area contributed by atoms with Crippen molar-refractivity contribution in [2.75, 3.05) is 13.2 Å². The molecule has 87 heavy (non-hydrogen) atoms. The van der Waals surface area contributed by atoms with Crippen LogP contribution in [0.1, 0.15) is 386 Å². The minimum absolute atomic E-state index is 0.222. The molecule has 7 atom stereocenters. The van der Waals surface area contributed by atoms with Crippen LogP contribution >= 0.6 is 0 Å². The van der Waals surface area contributed by atoms with Crippen LogP contribution in [0.2, 0.25) is 0 Å². The number of rotatable bonds is 68. The van der Waals surface area contributed by atoms with Crippen molar-refractivity contribution in [3.05, 3.63) is 24.3 Å². The largest absolute Gasteiger partial charge is 0.397 e. The van der Waals surface area contributed by atoms with Crippen LogP contribution in [0.15, 0.2) is 24.3 Å². The third-order valence-electron chi connectivity index (χ3n) is 18.3. The van der Waals surface area contributed by atoms with Gasteiger partial charge in [-0.3, -0.25) is 9.35 Å². The molecule has 12 nitrogen and oxygen atoms in total. The SMILES string of the molecule is CCCCCCCCCCCCCCC/C=C\C/C=C\CCCCCCCCCCCCCCCCCCCC(=O)NC(COC1OC(CO)C(O)C(OS(=O)(=O)O)C1O)C(O)CCCCCCCCCCCCCCCCCCCCCCCCC. The zero-order valence-corrected chi connectivity index (χ0v) is 57.7. The second-order valence-corrected chi connectivity index (χ2v) is 27.6. The number of unbranched alkanes of at least 4 members (excludes halogenated alkanes) is 52. The topological polar surface area (TPSA) is 192 Å². The molecule has 0 bridgehead atoms. The molecule has 0 spiro atoms. The van der Waals surface area contributed by atoms with Crippen molar-refractivity contribution in [1.82, 2.24) is 5.32 Å². The summed E-state index contributed by atoms with van der Waals surface area (Å²) in [5.41, 5.74) is 0. The summed E-state index contributed by atoms with van der Waals surface area (Å²) in [6.45, 7) is 3.53. The van der Waals surface area contributed by atoms with E-state index in [-0.39, 0.29) is 12.5 Å². The van der Waals surface area contributed by atoms with Gasteiger partial charge in [-0.15, -0.1) is 0 Å². The lowest BCUT2D eigenvalue weighted by Crippen LogP contribution is -2.61. The molecule has 1 fully saturated rings. The monoisotopic (exact) mass is 1250 g/mol. The Bertz CT molecular complexity index is 1620. The minimum Gasteiger partial charge on any atom is -0.394 e. The molecule has 0 aromatic rings. The zero-order chi connectivity index (χ0) is 63.2. The summed E-state index contributed by atoms with van der Waals surface area (Å²) in [5, 5.41) is 45.4. The van der Waals surface area contributed by atoms with Crippen molar-refractivity contribution >= 4 is 16.3 Å². The normalized spacial score (nSPS) is 18.2. The van der Waals surface area contributed by atoms with Crippen LogP contribution in [0.25, 0.3) is 0 Å². The molecule has 516 valence electrons. The fraction of sp³-hybridized carbons (Fsp3) is 0.932. The van der Waals surface area contributed by atoms with E-state index in [1.54, 1.807) is 0 Å². The Kier molecular flexibility index (Phi) is 60.9. The van der Waals surface area contributed by atoms with Crippen molar-refractivity contribution in [1.29, 1.82) is 0 Å². The highest BCUT2D eigenvalue weighted by Gasteiger charge is 2.48. The molecule has 0 saturated carbocycles. The Balaban J connectivity index is 2.17. The molecule has 1 amide bonds. The smallest absolute Gasteiger partial charge is 0.394 e. The van der Waals surface area contributed by atoms with E-state index in [9.17, 15) is 38.2 Å². The minimum atomic E-state index is -5.09. The van der Waals surface area contributed by atoms with E-state index in [4.69, 9.17) is 9.47 Å². The second kappa shape index (κ2) is 63.3. The average Bonchev–Trinajstić information content (AvgIpc) is 2.70. The maximum absolute atomic E-state index is 13.2. The summed E-state index contributed by atoms with van der Waals surface area (Å²) < 4.78 is 48.2. The van der Waals surface area contributed by atoms with Gasteiger partial charge < -0.3 is 35.2 Å². The van der Waals surface area contributed by atoms with Gasteiger partial charge in [-0.1, -0.05) is 359 Å². The Morgan fingerprint density at radius 3 is 1.09 bits per heavy atom. The lowest BCUT2D eigenvalue weighted by molar-refractivity contribution is -0.298. The first-order chi connectivity index (χ1) is 42.5. The molecule has 7 unspecified atom stereocenters. The van der Waals surface area contributed by atoms with E-state index >= 15 is 0 Å². The lowest BCUT2D eigenvalue weighted by atomic mass is 9.99. The second-order valence-electron chi connectivity index (χ2n) is 26.6. The number of amides is 1. The van der Waals surface area contributed by atoms with Crippen molar-refractivity contribution < 1.29 is 51.8 Å². The molecule has 0 radical (unpaired) electrons. The molecule has 1 saturated heterocycles. The molecule has 0 aromatic heterocycles. The number of aliphatic hydroxyl groups excluding tert-OH is 4. The third kappa shape index (κ3) is 54.8. The van der Waals surface area contributed by atoms with Crippen LogP contribution in [0, 0.1) is 0 Å². The van der Waals surface area contributed by atoms with Gasteiger partial charge in [0.25, 0.3) is 0 Å². The van der Waals surface area contributed by atoms with Gasteiger partial charge in [-0.25, -0.2) is 4.18 Å². The Labute approximate surface area is 537 Å². The van der Waals surface area contributed by atoms with E-state index in [2.05, 4.69) is 47.7 Å². The molecular formula is C74H143NO11S. The Morgan fingerprint density at radius 1 is 0.460 bits per heavy atom. The van der Waals surface area contributed by atoms with Crippen LogP contribution in [0.4, 0.5) is 0 Å². The maximum Gasteiger partial charge on any atom is 0.397 e. The number of carbonyl (C=O) groups is 1. The van der Waals surface area contributed by atoms with E-state index in [0.717, 1.165) is 57.8 Å². The first kappa shape index (κ1) is 83.6. The van der Waals surface area contributed by atoms with Crippen LogP contribution in [0.3, 0.4) is 0 Å². The summed E-state index contributed by atoms with van der Waals surface area (Å²) in [4.78, 5) is 13.2. The molecule has 0 aliphatic carbocycles. The first-order valence-electron chi connectivity index (χ1n) is 37.7. The molecule has 1 aliphatic heterocycles. The van der Waals surface area contributed by atoms with Gasteiger partial charge >= 0.3 is 10.4 Å². The van der Waals surface area contributed by atoms with Crippen LogP contribution in [-0.2, 0) is 28.9 Å². The molecule has 13 heteroatoms. The van der Waals surface area contributed by atoms with Gasteiger partial charge in [0, 0.05) is 6.42 Å². The fourth-order valence-electron chi connectivity index (χ4n) is 12.5. The highest BCUT2D eigenvalue weighted by molar-refractivity contribution is 7.80. The molecular weight excluding hydrogens is 1110 g/mol. The van der Waals surface area contributed by atoms with E-state index in [1.165, 1.54) is 302 Å². The van der Waals surface area contributed by atoms with Gasteiger partial charge in [-0.2, -0.15) is 8.42 Å². The molecule has 1 heterocycles. The maximum atomic E-state index is 13.2. The molecule has 6 N–H and O–H groups in total. The van der Waals surface area contributed by atoms with Gasteiger partial charge in [0.1, 0.15) is 24.4 Å². The summed E-state index contributed by atoms with van der Waals surface area (Å²) in [7, 11) is -5.09. The number of carbonyl (C=O) groups excluding carboxylic acids is 1. The number of ether oxygens (including phenoxy) is 2. The predicted octanol–water partition coefficient (Wildman–Crippen LogP) is 20.3. The highest BCUT2D eigenvalue weighted by atomic mass is 32.3. The van der Waals surface area contributed by atoms with Gasteiger partial charge in [0.2, 0.25) is 5.91 Å². The number of aliphatic hydroxyl groups is 4. The van der Waals surface area contributed by atoms with Crippen LogP contribution in [-0.4, -0.2) is 95.4 Å². The molecule has 0 aromatic carbocycles. The first-order valence-corrected chi connectivity index (χ1v) is 39.1. The average molecular weight is 1260 g/mol. The molecule has 1 aliphatic rings. The summed E-state index contributed by atoms with van der Waals surface area (Å²) in [6, 6.07) is -0.859. The van der Waals surface area contributed by atoms with Crippen molar-refractivity contribution in [3.8, 4) is 0 Å². The highest BCUT2D eigenvalue weighted by Crippen LogP contribution is 2.27. The molecule has 1 rings (SSSR count). The number of hydrogen-bond acceptors (Lipinski definition) is 10. The quantitative estimate of drug-likeness (QED) is 0.0193. The van der Waals surface area contributed by atoms with E-state index < -0.39 is 59.9 Å². The van der Waals surface area contributed by atoms with E-state index in [1.807, 2.05) is 0 Å². The zero-order valence-electron chi connectivity index (χ0n) is 56.9. The Hall–Kier alpha value is -1.42. The number of nitrogens with one attached hydrogen (secondary N) is 1. The van der Waals surface area contributed by atoms with Gasteiger partial charge in [0.05, 0.1) is 25.4 Å².